The van der Waals surface area contributed by atoms with Crippen LogP contribution in [0.25, 0.3) is 12.2 Å². The van der Waals surface area contributed by atoms with E-state index < -0.39 is 6.10 Å². The third kappa shape index (κ3) is 11.6. The molecule has 4 nitrogen and oxygen atoms in total. The van der Waals surface area contributed by atoms with E-state index in [4.69, 9.17) is 14.2 Å². The predicted octanol–water partition coefficient (Wildman–Crippen LogP) is 7.92. The van der Waals surface area contributed by atoms with Gasteiger partial charge in [-0.15, -0.1) is 0 Å². The fraction of sp³-hybridized carbons (Fsp3) is 0.533. The number of aliphatic hydroxyl groups is 1. The first kappa shape index (κ1) is 27.8. The van der Waals surface area contributed by atoms with Crippen LogP contribution >= 0.6 is 0 Å². The number of unbranched alkanes of at least 4 members (excludes halogenated alkanes) is 9. The van der Waals surface area contributed by atoms with Gasteiger partial charge in [0.2, 0.25) is 0 Å². The largest absolute Gasteiger partial charge is 0.497 e. The number of methoxy groups -OCH3 is 2. The molecule has 0 heterocycles. The molecule has 0 aliphatic rings. The molecule has 4 heteroatoms. The van der Waals surface area contributed by atoms with Gasteiger partial charge in [0.25, 0.3) is 0 Å². The van der Waals surface area contributed by atoms with Crippen molar-refractivity contribution in [3.63, 3.8) is 0 Å². The van der Waals surface area contributed by atoms with E-state index in [1.54, 1.807) is 14.2 Å². The SMILES string of the molecule is CCCCCCCCCCCCC(O)COc1ccc(/C=C/c2cc(OC)cc(OC)c2)cc1. The van der Waals surface area contributed by atoms with Gasteiger partial charge in [-0.05, 0) is 41.8 Å². The molecule has 0 aromatic heterocycles. The summed E-state index contributed by atoms with van der Waals surface area (Å²) in [5, 5.41) is 10.2. The Morgan fingerprint density at radius 3 is 1.76 bits per heavy atom. The summed E-state index contributed by atoms with van der Waals surface area (Å²) in [7, 11) is 3.30. The topological polar surface area (TPSA) is 47.9 Å². The van der Waals surface area contributed by atoms with Crippen LogP contribution in [0.2, 0.25) is 0 Å². The zero-order valence-electron chi connectivity index (χ0n) is 21.4. The van der Waals surface area contributed by atoms with Gasteiger partial charge in [0.1, 0.15) is 23.9 Å². The van der Waals surface area contributed by atoms with Gasteiger partial charge < -0.3 is 19.3 Å². The Labute approximate surface area is 207 Å². The predicted molar refractivity (Wildman–Crippen MR) is 143 cm³/mol. The monoisotopic (exact) mass is 468 g/mol. The maximum absolute atomic E-state index is 10.2. The number of benzene rings is 2. The van der Waals surface area contributed by atoms with E-state index in [0.717, 1.165) is 41.2 Å². The number of hydrogen-bond acceptors (Lipinski definition) is 4. The Morgan fingerprint density at radius 1 is 0.676 bits per heavy atom. The van der Waals surface area contributed by atoms with Crippen LogP contribution in [0.1, 0.15) is 88.7 Å². The smallest absolute Gasteiger partial charge is 0.123 e. The molecule has 2 aromatic carbocycles. The summed E-state index contributed by atoms with van der Waals surface area (Å²) in [5.74, 6) is 2.31. The van der Waals surface area contributed by atoms with E-state index in [-0.39, 0.29) is 0 Å². The fourth-order valence-electron chi connectivity index (χ4n) is 3.94. The molecule has 0 bridgehead atoms. The number of ether oxygens (including phenoxy) is 3. The van der Waals surface area contributed by atoms with Crippen molar-refractivity contribution in [2.75, 3.05) is 20.8 Å². The van der Waals surface area contributed by atoms with Crippen molar-refractivity contribution in [1.82, 2.24) is 0 Å². The average molecular weight is 469 g/mol. The summed E-state index contributed by atoms with van der Waals surface area (Å²) in [6.45, 7) is 2.60. The second-order valence-electron chi connectivity index (χ2n) is 8.98. The van der Waals surface area contributed by atoms with Crippen molar-refractivity contribution in [2.45, 2.75) is 83.7 Å². The first-order valence-corrected chi connectivity index (χ1v) is 13.0. The van der Waals surface area contributed by atoms with E-state index in [9.17, 15) is 5.11 Å². The Kier molecular flexibility index (Phi) is 13.9. The highest BCUT2D eigenvalue weighted by Gasteiger charge is 2.05. The van der Waals surface area contributed by atoms with E-state index in [1.807, 2.05) is 54.6 Å². The van der Waals surface area contributed by atoms with E-state index in [1.165, 1.54) is 57.8 Å². The van der Waals surface area contributed by atoms with Crippen LogP contribution in [0.5, 0.6) is 17.2 Å². The summed E-state index contributed by atoms with van der Waals surface area (Å²) in [6.07, 6.45) is 17.5. The molecule has 0 fully saturated rings. The normalized spacial score (nSPS) is 12.1. The lowest BCUT2D eigenvalue weighted by molar-refractivity contribution is 0.0975. The summed E-state index contributed by atoms with van der Waals surface area (Å²) in [6, 6.07) is 13.7. The van der Waals surface area contributed by atoms with Gasteiger partial charge in [-0.1, -0.05) is 95.4 Å². The molecule has 0 saturated carbocycles. The minimum Gasteiger partial charge on any atom is -0.497 e. The lowest BCUT2D eigenvalue weighted by atomic mass is 10.0. The fourth-order valence-corrected chi connectivity index (χ4v) is 3.94. The lowest BCUT2D eigenvalue weighted by Crippen LogP contribution is -2.17. The van der Waals surface area contributed by atoms with Gasteiger partial charge in [-0.25, -0.2) is 0 Å². The highest BCUT2D eigenvalue weighted by atomic mass is 16.5. The van der Waals surface area contributed by atoms with Crippen molar-refractivity contribution in [3.05, 3.63) is 53.6 Å². The molecule has 1 unspecified atom stereocenters. The van der Waals surface area contributed by atoms with Crippen molar-refractivity contribution < 1.29 is 19.3 Å². The molecule has 2 rings (SSSR count). The first-order chi connectivity index (χ1) is 16.6. The van der Waals surface area contributed by atoms with Crippen LogP contribution in [0.15, 0.2) is 42.5 Å². The zero-order chi connectivity index (χ0) is 24.4. The molecular weight excluding hydrogens is 424 g/mol. The lowest BCUT2D eigenvalue weighted by Gasteiger charge is -2.12. The Morgan fingerprint density at radius 2 is 1.21 bits per heavy atom. The van der Waals surface area contributed by atoms with Gasteiger partial charge in [0, 0.05) is 6.07 Å². The van der Waals surface area contributed by atoms with Crippen LogP contribution < -0.4 is 14.2 Å². The molecule has 188 valence electrons. The molecule has 0 radical (unpaired) electrons. The average Bonchev–Trinajstić information content (AvgIpc) is 2.87. The van der Waals surface area contributed by atoms with Crippen molar-refractivity contribution >= 4 is 12.2 Å². The van der Waals surface area contributed by atoms with Crippen LogP contribution in [-0.4, -0.2) is 32.0 Å². The van der Waals surface area contributed by atoms with Gasteiger partial charge in [-0.2, -0.15) is 0 Å². The summed E-state index contributed by atoms with van der Waals surface area (Å²) < 4.78 is 16.4. The maximum atomic E-state index is 10.2. The summed E-state index contributed by atoms with van der Waals surface area (Å²) >= 11 is 0. The minimum absolute atomic E-state index is 0.343. The molecular formula is C30H44O4. The van der Waals surface area contributed by atoms with Crippen LogP contribution in [0.4, 0.5) is 0 Å². The van der Waals surface area contributed by atoms with Crippen molar-refractivity contribution in [3.8, 4) is 17.2 Å². The second-order valence-corrected chi connectivity index (χ2v) is 8.98. The molecule has 34 heavy (non-hydrogen) atoms. The van der Waals surface area contributed by atoms with E-state index in [0.29, 0.717) is 6.61 Å². The van der Waals surface area contributed by atoms with Gasteiger partial charge in [0.05, 0.1) is 20.3 Å². The molecule has 0 aliphatic heterocycles. The molecule has 2 aromatic rings. The summed E-state index contributed by atoms with van der Waals surface area (Å²) in [4.78, 5) is 0. The highest BCUT2D eigenvalue weighted by molar-refractivity contribution is 5.71. The van der Waals surface area contributed by atoms with Crippen LogP contribution in [0.3, 0.4) is 0 Å². The third-order valence-corrected chi connectivity index (χ3v) is 6.06. The molecule has 0 saturated heterocycles. The maximum Gasteiger partial charge on any atom is 0.123 e. The highest BCUT2D eigenvalue weighted by Crippen LogP contribution is 2.24. The Hall–Kier alpha value is -2.46. The summed E-state index contributed by atoms with van der Waals surface area (Å²) in [5.41, 5.74) is 2.08. The third-order valence-electron chi connectivity index (χ3n) is 6.06. The molecule has 1 atom stereocenters. The number of aliphatic hydroxyl groups excluding tert-OH is 1. The molecule has 0 spiro atoms. The number of rotatable bonds is 18. The van der Waals surface area contributed by atoms with E-state index >= 15 is 0 Å². The Bertz CT molecular complexity index is 791. The molecule has 1 N–H and O–H groups in total. The Balaban J connectivity index is 1.63. The zero-order valence-corrected chi connectivity index (χ0v) is 21.4. The van der Waals surface area contributed by atoms with Crippen molar-refractivity contribution in [2.24, 2.45) is 0 Å². The van der Waals surface area contributed by atoms with E-state index in [2.05, 4.69) is 6.92 Å². The standard InChI is InChI=1S/C30H44O4/c1-4-5-6-7-8-9-10-11-12-13-14-27(31)24-34-28-19-17-25(18-20-28)15-16-26-21-29(32-2)23-30(22-26)33-3/h15-23,27,31H,4-14,24H2,1-3H3/b16-15+. The number of hydrogen-bond donors (Lipinski definition) is 1. The second kappa shape index (κ2) is 17.0. The van der Waals surface area contributed by atoms with Gasteiger partial charge in [-0.3, -0.25) is 0 Å². The van der Waals surface area contributed by atoms with Crippen LogP contribution in [0, 0.1) is 0 Å². The van der Waals surface area contributed by atoms with Crippen LogP contribution in [-0.2, 0) is 0 Å². The molecule has 0 amide bonds. The minimum atomic E-state index is -0.406. The van der Waals surface area contributed by atoms with Gasteiger partial charge in [0.15, 0.2) is 0 Å². The first-order valence-electron chi connectivity index (χ1n) is 13.0. The molecule has 0 aliphatic carbocycles. The quantitative estimate of drug-likeness (QED) is 0.178. The van der Waals surface area contributed by atoms with Gasteiger partial charge >= 0.3 is 0 Å². The van der Waals surface area contributed by atoms with Crippen molar-refractivity contribution in [1.29, 1.82) is 0 Å².